The quantitative estimate of drug-likeness (QED) is 0.673. The van der Waals surface area contributed by atoms with Gasteiger partial charge in [0.1, 0.15) is 5.75 Å². The number of hydrogen-bond donors (Lipinski definition) is 1. The third-order valence-corrected chi connectivity index (χ3v) is 4.37. The van der Waals surface area contributed by atoms with Gasteiger partial charge in [-0.2, -0.15) is 0 Å². The van der Waals surface area contributed by atoms with E-state index in [1.165, 1.54) is 23.1 Å². The number of hydrogen-bond acceptors (Lipinski definition) is 6. The molecule has 1 atom stereocenters. The molecule has 1 N–H and O–H groups in total. The van der Waals surface area contributed by atoms with E-state index in [4.69, 9.17) is 16.3 Å². The highest BCUT2D eigenvalue weighted by Gasteiger charge is 2.16. The molecule has 0 saturated carbocycles. The fourth-order valence-corrected chi connectivity index (χ4v) is 2.62. The maximum Gasteiger partial charge on any atom is 0.266 e. The van der Waals surface area contributed by atoms with Gasteiger partial charge in [0.2, 0.25) is 5.13 Å². The Morgan fingerprint density at radius 2 is 2.10 bits per heavy atom. The standard InChI is InChI=1S/C12H12ClN3O2S2/c1-7(18-9-5-3-8(13)4-6-9)10(17)14-11-15-16-12(19-2)20-11/h3-7H,1-2H3,(H,14,15,17)/t7-/m1/s1. The molecule has 0 bridgehead atoms. The van der Waals surface area contributed by atoms with Crippen LogP contribution >= 0.6 is 34.7 Å². The first-order valence-corrected chi connectivity index (χ1v) is 8.11. The smallest absolute Gasteiger partial charge is 0.266 e. The topological polar surface area (TPSA) is 64.1 Å². The Labute approximate surface area is 129 Å². The minimum Gasteiger partial charge on any atom is -0.481 e. The first-order chi connectivity index (χ1) is 9.58. The van der Waals surface area contributed by atoms with Gasteiger partial charge in [0.15, 0.2) is 10.4 Å². The van der Waals surface area contributed by atoms with E-state index in [2.05, 4.69) is 15.5 Å². The van der Waals surface area contributed by atoms with Crippen LogP contribution in [0, 0.1) is 0 Å². The first kappa shape index (κ1) is 15.1. The fourth-order valence-electron chi connectivity index (χ4n) is 1.32. The van der Waals surface area contributed by atoms with Crippen molar-refractivity contribution in [3.8, 4) is 5.75 Å². The van der Waals surface area contributed by atoms with Crippen LogP contribution in [-0.4, -0.2) is 28.5 Å². The van der Waals surface area contributed by atoms with E-state index in [0.717, 1.165) is 4.34 Å². The average molecular weight is 330 g/mol. The molecule has 0 saturated heterocycles. The molecule has 1 aromatic carbocycles. The van der Waals surface area contributed by atoms with Gasteiger partial charge in [-0.3, -0.25) is 10.1 Å². The molecule has 0 aliphatic carbocycles. The van der Waals surface area contributed by atoms with E-state index in [1.54, 1.807) is 31.2 Å². The third kappa shape index (κ3) is 4.09. The lowest BCUT2D eigenvalue weighted by atomic mass is 10.3. The second-order valence-electron chi connectivity index (χ2n) is 3.78. The van der Waals surface area contributed by atoms with E-state index in [1.807, 2.05) is 6.26 Å². The molecular formula is C12H12ClN3O2S2. The van der Waals surface area contributed by atoms with Crippen LogP contribution in [0.3, 0.4) is 0 Å². The number of thioether (sulfide) groups is 1. The van der Waals surface area contributed by atoms with Crippen molar-refractivity contribution < 1.29 is 9.53 Å². The molecule has 0 fully saturated rings. The van der Waals surface area contributed by atoms with Crippen LogP contribution in [0.2, 0.25) is 5.02 Å². The number of carbonyl (C=O) groups is 1. The summed E-state index contributed by atoms with van der Waals surface area (Å²) in [6.07, 6.45) is 1.26. The molecule has 106 valence electrons. The zero-order valence-corrected chi connectivity index (χ0v) is 13.2. The molecule has 8 heteroatoms. The normalized spacial score (nSPS) is 11.9. The van der Waals surface area contributed by atoms with Gasteiger partial charge in [-0.05, 0) is 37.4 Å². The Morgan fingerprint density at radius 1 is 1.40 bits per heavy atom. The Hall–Kier alpha value is -1.31. The molecule has 1 heterocycles. The fraction of sp³-hybridized carbons (Fsp3) is 0.250. The molecule has 0 radical (unpaired) electrons. The molecule has 0 unspecified atom stereocenters. The zero-order chi connectivity index (χ0) is 14.5. The second kappa shape index (κ2) is 6.92. The van der Waals surface area contributed by atoms with Crippen LogP contribution in [0.1, 0.15) is 6.92 Å². The number of carbonyl (C=O) groups excluding carboxylic acids is 1. The van der Waals surface area contributed by atoms with Gasteiger partial charge in [-0.1, -0.05) is 34.7 Å². The van der Waals surface area contributed by atoms with Crippen molar-refractivity contribution in [3.63, 3.8) is 0 Å². The van der Waals surface area contributed by atoms with E-state index in [0.29, 0.717) is 15.9 Å². The Kier molecular flexibility index (Phi) is 5.22. The van der Waals surface area contributed by atoms with Gasteiger partial charge >= 0.3 is 0 Å². The Morgan fingerprint density at radius 3 is 2.70 bits per heavy atom. The predicted octanol–water partition coefficient (Wildman–Crippen LogP) is 3.32. The van der Waals surface area contributed by atoms with Crippen LogP contribution < -0.4 is 10.1 Å². The van der Waals surface area contributed by atoms with Crippen molar-refractivity contribution in [2.75, 3.05) is 11.6 Å². The minimum absolute atomic E-state index is 0.274. The molecule has 0 spiro atoms. The number of amides is 1. The lowest BCUT2D eigenvalue weighted by Gasteiger charge is -2.13. The summed E-state index contributed by atoms with van der Waals surface area (Å²) in [6.45, 7) is 1.67. The Balaban J connectivity index is 1.93. The van der Waals surface area contributed by atoms with Gasteiger partial charge in [-0.25, -0.2) is 0 Å². The summed E-state index contributed by atoms with van der Waals surface area (Å²) in [7, 11) is 0. The molecule has 5 nitrogen and oxygen atoms in total. The molecular weight excluding hydrogens is 318 g/mol. The van der Waals surface area contributed by atoms with Gasteiger partial charge in [0, 0.05) is 5.02 Å². The van der Waals surface area contributed by atoms with Crippen LogP contribution in [0.5, 0.6) is 5.75 Å². The number of nitrogens with zero attached hydrogens (tertiary/aromatic N) is 2. The van der Waals surface area contributed by atoms with E-state index in [-0.39, 0.29) is 5.91 Å². The van der Waals surface area contributed by atoms with Gasteiger partial charge in [0.25, 0.3) is 5.91 Å². The minimum atomic E-state index is -0.641. The van der Waals surface area contributed by atoms with E-state index in [9.17, 15) is 4.79 Å². The molecule has 1 amide bonds. The van der Waals surface area contributed by atoms with Crippen molar-refractivity contribution in [2.24, 2.45) is 0 Å². The number of anilines is 1. The summed E-state index contributed by atoms with van der Waals surface area (Å²) in [5.41, 5.74) is 0. The van der Waals surface area contributed by atoms with Crippen molar-refractivity contribution >= 4 is 45.7 Å². The van der Waals surface area contributed by atoms with Crippen LogP contribution in [-0.2, 0) is 4.79 Å². The van der Waals surface area contributed by atoms with Crippen molar-refractivity contribution in [3.05, 3.63) is 29.3 Å². The number of halogens is 1. The van der Waals surface area contributed by atoms with E-state index < -0.39 is 6.10 Å². The Bertz CT molecular complexity index is 589. The largest absolute Gasteiger partial charge is 0.481 e. The van der Waals surface area contributed by atoms with Crippen molar-refractivity contribution in [1.29, 1.82) is 0 Å². The van der Waals surface area contributed by atoms with Crippen LogP contribution in [0.15, 0.2) is 28.6 Å². The third-order valence-electron chi connectivity index (χ3n) is 2.31. The van der Waals surface area contributed by atoms with Crippen molar-refractivity contribution in [1.82, 2.24) is 10.2 Å². The molecule has 1 aromatic heterocycles. The predicted molar refractivity (Wildman–Crippen MR) is 81.9 cm³/mol. The number of rotatable bonds is 5. The summed E-state index contributed by atoms with van der Waals surface area (Å²) in [4.78, 5) is 12.0. The number of benzene rings is 1. The molecule has 0 aliphatic heterocycles. The maximum absolute atomic E-state index is 12.0. The van der Waals surface area contributed by atoms with Crippen LogP contribution in [0.4, 0.5) is 5.13 Å². The average Bonchev–Trinajstić information content (AvgIpc) is 2.89. The monoisotopic (exact) mass is 329 g/mol. The summed E-state index contributed by atoms with van der Waals surface area (Å²) in [5, 5.41) is 11.5. The summed E-state index contributed by atoms with van der Waals surface area (Å²) < 4.78 is 6.31. The van der Waals surface area contributed by atoms with Gasteiger partial charge in [-0.15, -0.1) is 10.2 Å². The SMILES string of the molecule is CSc1nnc(NC(=O)[C@@H](C)Oc2ccc(Cl)cc2)s1. The van der Waals surface area contributed by atoms with E-state index >= 15 is 0 Å². The maximum atomic E-state index is 12.0. The molecule has 2 rings (SSSR count). The highest BCUT2D eigenvalue weighted by atomic mass is 35.5. The molecule has 20 heavy (non-hydrogen) atoms. The number of nitrogens with one attached hydrogen (secondary N) is 1. The van der Waals surface area contributed by atoms with Crippen LogP contribution in [0.25, 0.3) is 0 Å². The number of ether oxygens (including phenoxy) is 1. The summed E-state index contributed by atoms with van der Waals surface area (Å²) in [6, 6.07) is 6.83. The highest BCUT2D eigenvalue weighted by molar-refractivity contribution is 8.00. The summed E-state index contributed by atoms with van der Waals surface area (Å²) >= 11 is 8.59. The molecule has 0 aliphatic rings. The molecule has 2 aromatic rings. The first-order valence-electron chi connectivity index (χ1n) is 5.69. The van der Waals surface area contributed by atoms with Crippen molar-refractivity contribution in [2.45, 2.75) is 17.4 Å². The number of aromatic nitrogens is 2. The highest BCUT2D eigenvalue weighted by Crippen LogP contribution is 2.23. The lowest BCUT2D eigenvalue weighted by molar-refractivity contribution is -0.122. The van der Waals surface area contributed by atoms with Gasteiger partial charge in [0.05, 0.1) is 0 Å². The lowest BCUT2D eigenvalue weighted by Crippen LogP contribution is -2.30. The summed E-state index contributed by atoms with van der Waals surface area (Å²) in [5.74, 6) is 0.308. The second-order valence-corrected chi connectivity index (χ2v) is 6.25. The zero-order valence-electron chi connectivity index (χ0n) is 10.8. The van der Waals surface area contributed by atoms with Gasteiger partial charge < -0.3 is 4.74 Å².